The number of aromatic hydroxyl groups is 1. The number of ether oxygens (including phenoxy) is 1. The number of Topliss-reactive ketones (excluding diaryl/α,β-unsaturated/α-hetero) is 1. The van der Waals surface area contributed by atoms with Gasteiger partial charge in [-0.15, -0.1) is 0 Å². The molecule has 174 valence electrons. The van der Waals surface area contributed by atoms with Crippen molar-refractivity contribution in [3.63, 3.8) is 0 Å². The lowest BCUT2D eigenvalue weighted by Gasteiger charge is -2.26. The van der Waals surface area contributed by atoms with Crippen LogP contribution in [0.2, 0.25) is 5.02 Å². The lowest BCUT2D eigenvalue weighted by atomic mass is 9.94. The molecule has 0 aromatic heterocycles. The van der Waals surface area contributed by atoms with Crippen LogP contribution in [0.4, 0.5) is 5.69 Å². The number of nitrogens with zero attached hydrogens (tertiary/aromatic N) is 1. The van der Waals surface area contributed by atoms with Gasteiger partial charge in [0.25, 0.3) is 11.7 Å². The van der Waals surface area contributed by atoms with Crippen LogP contribution in [-0.2, 0) is 9.59 Å². The van der Waals surface area contributed by atoms with Crippen molar-refractivity contribution < 1.29 is 24.5 Å². The molecule has 0 aliphatic carbocycles. The number of phenolic OH excluding ortho intramolecular Hbond substituents is 1. The van der Waals surface area contributed by atoms with Crippen molar-refractivity contribution in [2.45, 2.75) is 26.8 Å². The second-order valence-electron chi connectivity index (χ2n) is 8.41. The molecule has 1 aliphatic rings. The molecule has 1 saturated heterocycles. The van der Waals surface area contributed by atoms with E-state index in [4.69, 9.17) is 16.3 Å². The van der Waals surface area contributed by atoms with Crippen LogP contribution in [0.3, 0.4) is 0 Å². The number of anilines is 1. The van der Waals surface area contributed by atoms with E-state index in [-0.39, 0.29) is 22.1 Å². The Morgan fingerprint density at radius 1 is 0.971 bits per heavy atom. The third kappa shape index (κ3) is 4.01. The third-order valence-corrected chi connectivity index (χ3v) is 6.19. The monoisotopic (exact) mass is 477 g/mol. The van der Waals surface area contributed by atoms with Gasteiger partial charge < -0.3 is 14.9 Å². The summed E-state index contributed by atoms with van der Waals surface area (Å²) >= 11 is 6.18. The number of hydrogen-bond acceptors (Lipinski definition) is 5. The van der Waals surface area contributed by atoms with Gasteiger partial charge in [0, 0.05) is 11.3 Å². The Balaban J connectivity index is 1.98. The van der Waals surface area contributed by atoms with E-state index >= 15 is 0 Å². The number of amides is 1. The summed E-state index contributed by atoms with van der Waals surface area (Å²) in [5.41, 5.74) is 3.93. The predicted octanol–water partition coefficient (Wildman–Crippen LogP) is 5.61. The van der Waals surface area contributed by atoms with Gasteiger partial charge in [0.15, 0.2) is 0 Å². The van der Waals surface area contributed by atoms with Crippen LogP contribution in [0, 0.1) is 20.8 Å². The number of carbonyl (C=O) groups excluding carboxylic acids is 2. The smallest absolute Gasteiger partial charge is 0.300 e. The number of aliphatic hydroxyl groups is 1. The summed E-state index contributed by atoms with van der Waals surface area (Å²) in [5, 5.41) is 21.3. The van der Waals surface area contributed by atoms with E-state index in [0.29, 0.717) is 22.6 Å². The second kappa shape index (κ2) is 8.88. The molecule has 1 heterocycles. The third-order valence-electron chi connectivity index (χ3n) is 5.88. The lowest BCUT2D eigenvalue weighted by molar-refractivity contribution is -0.132. The van der Waals surface area contributed by atoms with Gasteiger partial charge in [-0.25, -0.2) is 0 Å². The Hall–Kier alpha value is -3.77. The summed E-state index contributed by atoms with van der Waals surface area (Å²) in [6.45, 7) is 5.63. The molecule has 0 spiro atoms. The number of phenols is 1. The molecule has 0 radical (unpaired) electrons. The SMILES string of the molecule is COc1ccc(/C(O)=C2/C(=O)C(=O)N(c3cc(C)cc(C)c3)C2c2ccc(O)c(Cl)c2)cc1C. The van der Waals surface area contributed by atoms with E-state index in [1.165, 1.54) is 17.0 Å². The molecule has 6 nitrogen and oxygen atoms in total. The van der Waals surface area contributed by atoms with Crippen LogP contribution in [0.25, 0.3) is 5.76 Å². The molecular weight excluding hydrogens is 454 g/mol. The zero-order valence-corrected chi connectivity index (χ0v) is 20.0. The van der Waals surface area contributed by atoms with Crippen molar-refractivity contribution in [1.82, 2.24) is 0 Å². The number of methoxy groups -OCH3 is 1. The van der Waals surface area contributed by atoms with Crippen LogP contribution in [0.15, 0.2) is 60.2 Å². The van der Waals surface area contributed by atoms with Crippen molar-refractivity contribution in [2.75, 3.05) is 12.0 Å². The maximum atomic E-state index is 13.3. The van der Waals surface area contributed by atoms with Gasteiger partial charge in [0.2, 0.25) is 0 Å². The summed E-state index contributed by atoms with van der Waals surface area (Å²) in [6, 6.07) is 14.1. The molecule has 1 amide bonds. The molecule has 1 aliphatic heterocycles. The standard InChI is InChI=1S/C27H24ClNO5/c1-14-9-15(2)11-19(10-14)29-24(17-5-7-21(30)20(28)13-17)23(26(32)27(29)33)25(31)18-6-8-22(34-4)16(3)12-18/h5-13,24,30-31H,1-4H3/b25-23-. The average molecular weight is 478 g/mol. The highest BCUT2D eigenvalue weighted by atomic mass is 35.5. The minimum Gasteiger partial charge on any atom is -0.507 e. The first-order chi connectivity index (χ1) is 16.1. The summed E-state index contributed by atoms with van der Waals surface area (Å²) < 4.78 is 5.29. The Bertz CT molecular complexity index is 1340. The molecule has 3 aromatic carbocycles. The fourth-order valence-corrected chi connectivity index (χ4v) is 4.57. The van der Waals surface area contributed by atoms with Gasteiger partial charge in [0.05, 0.1) is 23.7 Å². The van der Waals surface area contributed by atoms with Gasteiger partial charge in [-0.1, -0.05) is 23.7 Å². The van der Waals surface area contributed by atoms with Crippen LogP contribution in [0.5, 0.6) is 11.5 Å². The molecule has 7 heteroatoms. The van der Waals surface area contributed by atoms with Gasteiger partial charge in [-0.05, 0) is 85.5 Å². The number of carbonyl (C=O) groups is 2. The summed E-state index contributed by atoms with van der Waals surface area (Å²) in [5.74, 6) is -1.36. The maximum Gasteiger partial charge on any atom is 0.300 e. The van der Waals surface area contributed by atoms with E-state index in [1.807, 2.05) is 39.0 Å². The first kappa shape index (κ1) is 23.4. The highest BCUT2D eigenvalue weighted by Crippen LogP contribution is 2.44. The maximum absolute atomic E-state index is 13.3. The van der Waals surface area contributed by atoms with Gasteiger partial charge in [0.1, 0.15) is 17.3 Å². The Labute approximate surface area is 202 Å². The molecule has 1 atom stereocenters. The summed E-state index contributed by atoms with van der Waals surface area (Å²) in [4.78, 5) is 28.0. The van der Waals surface area contributed by atoms with Gasteiger partial charge in [-0.2, -0.15) is 0 Å². The number of aryl methyl sites for hydroxylation is 3. The normalized spacial score (nSPS) is 17.3. The van der Waals surface area contributed by atoms with Crippen molar-refractivity contribution >= 4 is 34.7 Å². The molecule has 4 rings (SSSR count). The highest BCUT2D eigenvalue weighted by Gasteiger charge is 2.47. The predicted molar refractivity (Wildman–Crippen MR) is 132 cm³/mol. The minimum atomic E-state index is -0.943. The van der Waals surface area contributed by atoms with E-state index < -0.39 is 17.7 Å². The minimum absolute atomic E-state index is 0.0597. The highest BCUT2D eigenvalue weighted by molar-refractivity contribution is 6.51. The van der Waals surface area contributed by atoms with Crippen molar-refractivity contribution in [2.24, 2.45) is 0 Å². The molecular formula is C27H24ClNO5. The zero-order valence-electron chi connectivity index (χ0n) is 19.2. The molecule has 1 fully saturated rings. The van der Waals surface area contributed by atoms with E-state index in [9.17, 15) is 19.8 Å². The van der Waals surface area contributed by atoms with Gasteiger partial charge in [-0.3, -0.25) is 14.5 Å². The van der Waals surface area contributed by atoms with Gasteiger partial charge >= 0.3 is 0 Å². The number of halogens is 1. The molecule has 0 bridgehead atoms. The quantitative estimate of drug-likeness (QED) is 0.290. The number of benzene rings is 3. The van der Waals surface area contributed by atoms with E-state index in [1.54, 1.807) is 31.4 Å². The van der Waals surface area contributed by atoms with E-state index in [2.05, 4.69) is 0 Å². The second-order valence-corrected chi connectivity index (χ2v) is 8.82. The van der Waals surface area contributed by atoms with E-state index in [0.717, 1.165) is 16.7 Å². The van der Waals surface area contributed by atoms with Crippen molar-refractivity contribution in [3.05, 3.63) is 93.0 Å². The van der Waals surface area contributed by atoms with Crippen molar-refractivity contribution in [3.8, 4) is 11.5 Å². The zero-order chi connectivity index (χ0) is 24.7. The Kier molecular flexibility index (Phi) is 6.11. The largest absolute Gasteiger partial charge is 0.507 e. The number of aliphatic hydroxyl groups excluding tert-OH is 1. The summed E-state index contributed by atoms with van der Waals surface area (Å²) in [7, 11) is 1.55. The molecule has 3 aromatic rings. The van der Waals surface area contributed by atoms with Crippen molar-refractivity contribution in [1.29, 1.82) is 0 Å². The molecule has 1 unspecified atom stereocenters. The van der Waals surface area contributed by atoms with Crippen LogP contribution < -0.4 is 9.64 Å². The summed E-state index contributed by atoms with van der Waals surface area (Å²) in [6.07, 6.45) is 0. The Morgan fingerprint density at radius 2 is 1.65 bits per heavy atom. The fourth-order valence-electron chi connectivity index (χ4n) is 4.38. The molecule has 0 saturated carbocycles. The van der Waals surface area contributed by atoms with Crippen LogP contribution in [-0.4, -0.2) is 29.0 Å². The van der Waals surface area contributed by atoms with Crippen LogP contribution >= 0.6 is 11.6 Å². The number of rotatable bonds is 4. The first-order valence-corrected chi connectivity index (χ1v) is 11.0. The lowest BCUT2D eigenvalue weighted by Crippen LogP contribution is -2.29. The first-order valence-electron chi connectivity index (χ1n) is 10.6. The average Bonchev–Trinajstić information content (AvgIpc) is 3.05. The molecule has 34 heavy (non-hydrogen) atoms. The fraction of sp³-hybridized carbons (Fsp3) is 0.185. The van der Waals surface area contributed by atoms with Crippen LogP contribution in [0.1, 0.15) is 33.9 Å². The Morgan fingerprint density at radius 3 is 2.24 bits per heavy atom. The number of ketones is 1. The number of hydrogen-bond donors (Lipinski definition) is 2. The molecule has 2 N–H and O–H groups in total. The topological polar surface area (TPSA) is 87.1 Å².